The van der Waals surface area contributed by atoms with E-state index in [0.717, 1.165) is 6.07 Å². The van der Waals surface area contributed by atoms with E-state index in [1.807, 2.05) is 5.32 Å². The molecule has 0 aliphatic carbocycles. The fraction of sp³-hybridized carbons (Fsp3) is 0.550. The van der Waals surface area contributed by atoms with Gasteiger partial charge in [0.05, 0.1) is 22.8 Å². The van der Waals surface area contributed by atoms with Crippen molar-refractivity contribution in [3.63, 3.8) is 0 Å². The van der Waals surface area contributed by atoms with Crippen LogP contribution in [0, 0.1) is 0 Å². The molecule has 12 heteroatoms. The minimum absolute atomic E-state index is 0.0510. The van der Waals surface area contributed by atoms with Gasteiger partial charge in [0.2, 0.25) is 10.0 Å². The molecule has 1 aliphatic heterocycles. The number of benzene rings is 1. The maximum atomic E-state index is 13.1. The van der Waals surface area contributed by atoms with Crippen molar-refractivity contribution < 1.29 is 32.3 Å². The molecule has 0 saturated carbocycles. The lowest BCUT2D eigenvalue weighted by atomic mass is 10.1. The van der Waals surface area contributed by atoms with E-state index in [-0.39, 0.29) is 40.8 Å². The highest BCUT2D eigenvalue weighted by Crippen LogP contribution is 2.28. The van der Waals surface area contributed by atoms with Gasteiger partial charge in [0.15, 0.2) is 6.61 Å². The minimum atomic E-state index is -4.00. The van der Waals surface area contributed by atoms with E-state index in [4.69, 9.17) is 21.1 Å². The van der Waals surface area contributed by atoms with Crippen LogP contribution in [-0.4, -0.2) is 68.1 Å². The van der Waals surface area contributed by atoms with Crippen molar-refractivity contribution in [2.75, 3.05) is 19.7 Å². The summed E-state index contributed by atoms with van der Waals surface area (Å²) in [5, 5.41) is 4.52. The first kappa shape index (κ1) is 26.0. The summed E-state index contributed by atoms with van der Waals surface area (Å²) in [6.07, 6.45) is -0.594. The van der Waals surface area contributed by atoms with E-state index in [0.29, 0.717) is 0 Å². The van der Waals surface area contributed by atoms with Gasteiger partial charge >= 0.3 is 12.0 Å². The van der Waals surface area contributed by atoms with E-state index >= 15 is 0 Å². The topological polar surface area (TPSA) is 131 Å². The molecular weight excluding hydrogens is 462 g/mol. The molecule has 0 spiro atoms. The average molecular weight is 490 g/mol. The maximum absolute atomic E-state index is 13.1. The Kier molecular flexibility index (Phi) is 8.27. The lowest BCUT2D eigenvalue weighted by Crippen LogP contribution is -2.49. The molecule has 178 valence electrons. The van der Waals surface area contributed by atoms with Crippen LogP contribution in [-0.2, 0) is 24.3 Å². The molecule has 1 fully saturated rings. The third-order valence-electron chi connectivity index (χ3n) is 4.25. The van der Waals surface area contributed by atoms with Crippen LogP contribution in [0.25, 0.3) is 0 Å². The largest absolute Gasteiger partial charge is 0.452 e. The Hall–Kier alpha value is -2.21. The number of sulfonamides is 1. The molecule has 2 unspecified atom stereocenters. The minimum Gasteiger partial charge on any atom is -0.452 e. The zero-order valence-electron chi connectivity index (χ0n) is 18.6. The van der Waals surface area contributed by atoms with E-state index in [2.05, 4.69) is 5.32 Å². The molecule has 0 radical (unpaired) electrons. The van der Waals surface area contributed by atoms with Crippen molar-refractivity contribution in [1.82, 2.24) is 14.9 Å². The summed E-state index contributed by atoms with van der Waals surface area (Å²) in [6, 6.07) is 2.94. The molecule has 0 aromatic heterocycles. The average Bonchev–Trinajstić information content (AvgIpc) is 2.64. The fourth-order valence-electron chi connectivity index (χ4n) is 3.04. The predicted octanol–water partition coefficient (Wildman–Crippen LogP) is 1.92. The van der Waals surface area contributed by atoms with Crippen molar-refractivity contribution in [2.24, 2.45) is 0 Å². The summed E-state index contributed by atoms with van der Waals surface area (Å²) in [5.74, 6) is -1.77. The Morgan fingerprint density at radius 1 is 1.19 bits per heavy atom. The molecule has 1 heterocycles. The van der Waals surface area contributed by atoms with E-state index in [1.165, 1.54) is 16.4 Å². The number of esters is 1. The number of carbonyl (C=O) groups excluding carboxylic acids is 3. The summed E-state index contributed by atoms with van der Waals surface area (Å²) < 4.78 is 37.9. The molecule has 1 saturated heterocycles. The summed E-state index contributed by atoms with van der Waals surface area (Å²) in [6.45, 7) is 8.31. The zero-order valence-corrected chi connectivity index (χ0v) is 20.2. The third kappa shape index (κ3) is 7.16. The summed E-state index contributed by atoms with van der Waals surface area (Å²) in [7, 11) is -4.00. The van der Waals surface area contributed by atoms with Crippen molar-refractivity contribution >= 4 is 39.5 Å². The third-order valence-corrected chi connectivity index (χ3v) is 6.56. The lowest BCUT2D eigenvalue weighted by molar-refractivity contribution is -0.123. The molecule has 2 atom stereocenters. The van der Waals surface area contributed by atoms with Crippen LogP contribution < -0.4 is 10.6 Å². The van der Waals surface area contributed by atoms with E-state index < -0.39 is 40.1 Å². The van der Waals surface area contributed by atoms with Gasteiger partial charge in [-0.1, -0.05) is 11.6 Å². The van der Waals surface area contributed by atoms with Crippen LogP contribution in [0.3, 0.4) is 0 Å². The highest BCUT2D eigenvalue weighted by Gasteiger charge is 2.34. The molecule has 32 heavy (non-hydrogen) atoms. The number of morpholine rings is 1. The van der Waals surface area contributed by atoms with Crippen LogP contribution in [0.2, 0.25) is 5.02 Å². The SMILES string of the molecule is CC1CN(S(=O)(=O)c2cc(C(=O)OCC(=O)NC(=O)NC(C)(C)C)ccc2Cl)CC(C)O1. The molecule has 3 amide bonds. The Balaban J connectivity index is 2.09. The number of rotatable bonds is 5. The number of urea groups is 1. The number of amides is 3. The van der Waals surface area contributed by atoms with Crippen LogP contribution >= 0.6 is 11.6 Å². The van der Waals surface area contributed by atoms with E-state index in [9.17, 15) is 22.8 Å². The van der Waals surface area contributed by atoms with Gasteiger partial charge < -0.3 is 14.8 Å². The van der Waals surface area contributed by atoms with Crippen molar-refractivity contribution in [1.29, 1.82) is 0 Å². The summed E-state index contributed by atoms with van der Waals surface area (Å²) in [4.78, 5) is 35.6. The first-order chi connectivity index (χ1) is 14.7. The second-order valence-electron chi connectivity index (χ2n) is 8.55. The van der Waals surface area contributed by atoms with E-state index in [1.54, 1.807) is 34.6 Å². The summed E-state index contributed by atoms with van der Waals surface area (Å²) in [5.41, 5.74) is -0.656. The van der Waals surface area contributed by atoms with Crippen molar-refractivity contribution in [3.8, 4) is 0 Å². The first-order valence-corrected chi connectivity index (χ1v) is 11.7. The number of hydrogen-bond acceptors (Lipinski definition) is 7. The Morgan fingerprint density at radius 3 is 2.34 bits per heavy atom. The standard InChI is InChI=1S/C20H28ClN3O7S/c1-12-9-24(10-13(2)31-12)32(28,29)16-8-14(6-7-15(16)21)18(26)30-11-17(25)22-19(27)23-20(3,4)5/h6-8,12-13H,9-11H2,1-5H3,(H2,22,23,25,27). The second kappa shape index (κ2) is 10.2. The van der Waals surface area contributed by atoms with Crippen LogP contribution in [0.1, 0.15) is 45.0 Å². The van der Waals surface area contributed by atoms with Gasteiger partial charge in [0, 0.05) is 18.6 Å². The Labute approximate surface area is 192 Å². The fourth-order valence-corrected chi connectivity index (χ4v) is 5.13. The number of carbonyl (C=O) groups is 3. The second-order valence-corrected chi connectivity index (χ2v) is 10.9. The molecule has 1 aromatic carbocycles. The molecule has 2 rings (SSSR count). The number of halogens is 1. The molecule has 10 nitrogen and oxygen atoms in total. The number of ether oxygens (including phenoxy) is 2. The molecule has 0 bridgehead atoms. The molecular formula is C20H28ClN3O7S. The number of hydrogen-bond donors (Lipinski definition) is 2. The zero-order chi connectivity index (χ0) is 24.3. The molecule has 1 aromatic rings. The van der Waals surface area contributed by atoms with Gasteiger partial charge in [-0.2, -0.15) is 4.31 Å². The highest BCUT2D eigenvalue weighted by molar-refractivity contribution is 7.89. The molecule has 1 aliphatic rings. The van der Waals surface area contributed by atoms with Gasteiger partial charge in [-0.15, -0.1) is 0 Å². The smallest absolute Gasteiger partial charge is 0.338 e. The quantitative estimate of drug-likeness (QED) is 0.604. The molecule has 2 N–H and O–H groups in total. The number of imide groups is 1. The van der Waals surface area contributed by atoms with Gasteiger partial charge in [0.25, 0.3) is 5.91 Å². The monoisotopic (exact) mass is 489 g/mol. The van der Waals surface area contributed by atoms with Crippen LogP contribution in [0.5, 0.6) is 0 Å². The lowest BCUT2D eigenvalue weighted by Gasteiger charge is -2.34. The van der Waals surface area contributed by atoms with Gasteiger partial charge in [-0.25, -0.2) is 18.0 Å². The van der Waals surface area contributed by atoms with Crippen molar-refractivity contribution in [2.45, 2.75) is 57.3 Å². The van der Waals surface area contributed by atoms with Crippen LogP contribution in [0.4, 0.5) is 4.79 Å². The van der Waals surface area contributed by atoms with Gasteiger partial charge in [-0.05, 0) is 52.8 Å². The van der Waals surface area contributed by atoms with Crippen LogP contribution in [0.15, 0.2) is 23.1 Å². The van der Waals surface area contributed by atoms with Gasteiger partial charge in [-0.3, -0.25) is 10.1 Å². The number of nitrogens with zero attached hydrogens (tertiary/aromatic N) is 1. The Bertz CT molecular complexity index is 981. The first-order valence-electron chi connectivity index (χ1n) is 9.93. The van der Waals surface area contributed by atoms with Crippen molar-refractivity contribution in [3.05, 3.63) is 28.8 Å². The highest BCUT2D eigenvalue weighted by atomic mass is 35.5. The Morgan fingerprint density at radius 2 is 1.78 bits per heavy atom. The summed E-state index contributed by atoms with van der Waals surface area (Å²) >= 11 is 6.12. The predicted molar refractivity (Wildman–Crippen MR) is 117 cm³/mol. The normalized spacial score (nSPS) is 19.8. The van der Waals surface area contributed by atoms with Gasteiger partial charge in [0.1, 0.15) is 4.90 Å². The number of nitrogens with one attached hydrogen (secondary N) is 2. The maximum Gasteiger partial charge on any atom is 0.338 e.